The number of benzene rings is 1. The Labute approximate surface area is 144 Å². The lowest BCUT2D eigenvalue weighted by Crippen LogP contribution is -2.36. The fourth-order valence-corrected chi connectivity index (χ4v) is 3.02. The van der Waals surface area contributed by atoms with Crippen LogP contribution in [0.4, 0.5) is 11.4 Å². The Morgan fingerprint density at radius 3 is 2.44 bits per heavy atom. The molecule has 132 valence electrons. The highest BCUT2D eigenvalue weighted by Gasteiger charge is 2.30. The molecule has 0 bridgehead atoms. The van der Waals surface area contributed by atoms with E-state index in [0.29, 0.717) is 30.1 Å². The quantitative estimate of drug-likeness (QED) is 0.800. The number of hydrogen-bond donors (Lipinski definition) is 1. The molecule has 0 unspecified atom stereocenters. The number of imide groups is 1. The van der Waals surface area contributed by atoms with Gasteiger partial charge < -0.3 is 15.0 Å². The normalized spacial score (nSPS) is 17.4. The summed E-state index contributed by atoms with van der Waals surface area (Å²) >= 11 is 0. The maximum absolute atomic E-state index is 12.1. The molecule has 2 heterocycles. The fourth-order valence-electron chi connectivity index (χ4n) is 3.02. The highest BCUT2D eigenvalue weighted by Crippen LogP contribution is 2.33. The van der Waals surface area contributed by atoms with Crippen molar-refractivity contribution >= 4 is 35.0 Å². The van der Waals surface area contributed by atoms with E-state index in [0.717, 1.165) is 11.3 Å². The molecule has 2 saturated heterocycles. The van der Waals surface area contributed by atoms with E-state index in [2.05, 4.69) is 5.32 Å². The molecular formula is C17H19N3O5. The third kappa shape index (κ3) is 3.47. The molecular weight excluding hydrogens is 326 g/mol. The monoisotopic (exact) mass is 345 g/mol. The van der Waals surface area contributed by atoms with Crippen molar-refractivity contribution in [3.05, 3.63) is 18.2 Å². The molecule has 1 aromatic carbocycles. The second kappa shape index (κ2) is 6.92. The lowest BCUT2D eigenvalue weighted by Gasteiger charge is -2.20. The molecule has 0 atom stereocenters. The SMILES string of the molecule is COc1cc(NC(=O)CN2C(=O)CCC2=O)ccc1N1CCCC1=O. The van der Waals surface area contributed by atoms with Crippen molar-refractivity contribution in [3.8, 4) is 5.75 Å². The van der Waals surface area contributed by atoms with Crippen LogP contribution in [-0.4, -0.2) is 48.7 Å². The number of likely N-dealkylation sites (tertiary alicyclic amines) is 1. The van der Waals surface area contributed by atoms with Crippen molar-refractivity contribution in [2.45, 2.75) is 25.7 Å². The molecule has 3 rings (SSSR count). The van der Waals surface area contributed by atoms with Gasteiger partial charge in [-0.25, -0.2) is 0 Å². The van der Waals surface area contributed by atoms with E-state index >= 15 is 0 Å². The molecule has 8 heteroatoms. The predicted octanol–water partition coefficient (Wildman–Crippen LogP) is 0.909. The summed E-state index contributed by atoms with van der Waals surface area (Å²) in [6.45, 7) is 0.340. The maximum atomic E-state index is 12.1. The number of ether oxygens (including phenoxy) is 1. The van der Waals surface area contributed by atoms with E-state index in [9.17, 15) is 19.2 Å². The summed E-state index contributed by atoms with van der Waals surface area (Å²) in [7, 11) is 1.49. The van der Waals surface area contributed by atoms with Crippen molar-refractivity contribution < 1.29 is 23.9 Å². The van der Waals surface area contributed by atoms with Gasteiger partial charge in [-0.3, -0.25) is 24.1 Å². The van der Waals surface area contributed by atoms with Gasteiger partial charge >= 0.3 is 0 Å². The lowest BCUT2D eigenvalue weighted by atomic mass is 10.2. The van der Waals surface area contributed by atoms with Crippen LogP contribution >= 0.6 is 0 Å². The van der Waals surface area contributed by atoms with Crippen molar-refractivity contribution in [1.29, 1.82) is 0 Å². The second-order valence-electron chi connectivity index (χ2n) is 5.96. The summed E-state index contributed by atoms with van der Waals surface area (Å²) in [5.74, 6) is -0.612. The van der Waals surface area contributed by atoms with Crippen LogP contribution in [0, 0.1) is 0 Å². The molecule has 0 spiro atoms. The molecule has 2 fully saturated rings. The van der Waals surface area contributed by atoms with E-state index in [1.54, 1.807) is 23.1 Å². The molecule has 0 radical (unpaired) electrons. The summed E-state index contributed by atoms with van der Waals surface area (Å²) in [5, 5.41) is 2.65. The largest absolute Gasteiger partial charge is 0.494 e. The van der Waals surface area contributed by atoms with Gasteiger partial charge in [0.25, 0.3) is 0 Å². The number of amides is 4. The summed E-state index contributed by atoms with van der Waals surface area (Å²) in [6.07, 6.45) is 1.62. The highest BCUT2D eigenvalue weighted by atomic mass is 16.5. The van der Waals surface area contributed by atoms with E-state index in [1.807, 2.05) is 0 Å². The number of rotatable bonds is 5. The first-order valence-corrected chi connectivity index (χ1v) is 8.11. The minimum Gasteiger partial charge on any atom is -0.494 e. The van der Waals surface area contributed by atoms with Crippen LogP contribution in [0.5, 0.6) is 5.75 Å². The number of nitrogens with zero attached hydrogens (tertiary/aromatic N) is 2. The van der Waals surface area contributed by atoms with E-state index in [4.69, 9.17) is 4.74 Å². The van der Waals surface area contributed by atoms with Crippen LogP contribution in [0.2, 0.25) is 0 Å². The number of carbonyl (C=O) groups is 4. The van der Waals surface area contributed by atoms with Gasteiger partial charge in [0.05, 0.1) is 12.8 Å². The summed E-state index contributed by atoms with van der Waals surface area (Å²) in [6, 6.07) is 4.99. The minimum absolute atomic E-state index is 0.0427. The van der Waals surface area contributed by atoms with Gasteiger partial charge in [0, 0.05) is 37.6 Å². The van der Waals surface area contributed by atoms with Crippen LogP contribution in [0.15, 0.2) is 18.2 Å². The minimum atomic E-state index is -0.462. The number of carbonyl (C=O) groups excluding carboxylic acids is 4. The molecule has 0 saturated carbocycles. The Bertz CT molecular complexity index is 730. The van der Waals surface area contributed by atoms with Gasteiger partial charge in [0.2, 0.25) is 23.6 Å². The standard InChI is InChI=1S/C17H19N3O5/c1-25-13-9-11(4-5-12(13)19-8-2-3-15(19)22)18-14(21)10-20-16(23)6-7-17(20)24/h4-5,9H,2-3,6-8,10H2,1H3,(H,18,21). The van der Waals surface area contributed by atoms with Gasteiger partial charge in [-0.05, 0) is 18.6 Å². The van der Waals surface area contributed by atoms with Crippen molar-refractivity contribution in [1.82, 2.24) is 4.90 Å². The molecule has 2 aliphatic rings. The van der Waals surface area contributed by atoms with Crippen LogP contribution in [-0.2, 0) is 19.2 Å². The average molecular weight is 345 g/mol. The zero-order valence-electron chi connectivity index (χ0n) is 13.9. The summed E-state index contributed by atoms with van der Waals surface area (Å²) in [5.41, 5.74) is 1.13. The number of methoxy groups -OCH3 is 1. The summed E-state index contributed by atoms with van der Waals surface area (Å²) in [4.78, 5) is 49.7. The molecule has 1 aromatic rings. The second-order valence-corrected chi connectivity index (χ2v) is 5.96. The van der Waals surface area contributed by atoms with E-state index in [1.165, 1.54) is 7.11 Å². The number of nitrogens with one attached hydrogen (secondary N) is 1. The molecule has 2 aliphatic heterocycles. The van der Waals surface area contributed by atoms with Gasteiger partial charge in [-0.1, -0.05) is 0 Å². The number of anilines is 2. The first kappa shape index (κ1) is 16.9. The van der Waals surface area contributed by atoms with Gasteiger partial charge in [-0.2, -0.15) is 0 Å². The zero-order valence-corrected chi connectivity index (χ0v) is 13.9. The predicted molar refractivity (Wildman–Crippen MR) is 89.2 cm³/mol. The van der Waals surface area contributed by atoms with Crippen molar-refractivity contribution in [2.24, 2.45) is 0 Å². The van der Waals surface area contributed by atoms with Gasteiger partial charge in [0.15, 0.2) is 0 Å². The molecule has 25 heavy (non-hydrogen) atoms. The molecule has 0 aromatic heterocycles. The highest BCUT2D eigenvalue weighted by molar-refractivity contribution is 6.06. The van der Waals surface area contributed by atoms with E-state index < -0.39 is 5.91 Å². The topological polar surface area (TPSA) is 96.0 Å². The zero-order chi connectivity index (χ0) is 18.0. The van der Waals surface area contributed by atoms with E-state index in [-0.39, 0.29) is 37.1 Å². The van der Waals surface area contributed by atoms with Crippen molar-refractivity contribution in [2.75, 3.05) is 30.4 Å². The third-order valence-corrected chi connectivity index (χ3v) is 4.28. The molecule has 4 amide bonds. The molecule has 1 N–H and O–H groups in total. The Kier molecular flexibility index (Phi) is 4.69. The van der Waals surface area contributed by atoms with Crippen LogP contribution in [0.25, 0.3) is 0 Å². The Hall–Kier alpha value is -2.90. The Balaban J connectivity index is 1.70. The van der Waals surface area contributed by atoms with Gasteiger partial charge in [-0.15, -0.1) is 0 Å². The first-order chi connectivity index (χ1) is 12.0. The smallest absolute Gasteiger partial charge is 0.244 e. The molecule has 8 nitrogen and oxygen atoms in total. The van der Waals surface area contributed by atoms with Crippen molar-refractivity contribution in [3.63, 3.8) is 0 Å². The fraction of sp³-hybridized carbons (Fsp3) is 0.412. The number of hydrogen-bond acceptors (Lipinski definition) is 5. The Morgan fingerprint density at radius 1 is 1.12 bits per heavy atom. The first-order valence-electron chi connectivity index (χ1n) is 8.11. The summed E-state index contributed by atoms with van der Waals surface area (Å²) < 4.78 is 5.33. The van der Waals surface area contributed by atoms with Crippen LogP contribution < -0.4 is 15.0 Å². The Morgan fingerprint density at radius 2 is 1.84 bits per heavy atom. The average Bonchev–Trinajstić information content (AvgIpc) is 3.15. The lowest BCUT2D eigenvalue weighted by molar-refractivity contribution is -0.141. The van der Waals surface area contributed by atoms with Crippen LogP contribution in [0.3, 0.4) is 0 Å². The molecule has 0 aliphatic carbocycles. The third-order valence-electron chi connectivity index (χ3n) is 4.28. The maximum Gasteiger partial charge on any atom is 0.244 e. The van der Waals surface area contributed by atoms with Gasteiger partial charge in [0.1, 0.15) is 12.3 Å². The van der Waals surface area contributed by atoms with Crippen LogP contribution in [0.1, 0.15) is 25.7 Å².